The van der Waals surface area contributed by atoms with Gasteiger partial charge in [-0.3, -0.25) is 4.79 Å². The molecule has 1 heterocycles. The van der Waals surface area contributed by atoms with E-state index in [1.165, 1.54) is 18.2 Å². The first-order valence-electron chi connectivity index (χ1n) is 8.44. The fourth-order valence-corrected chi connectivity index (χ4v) is 3.12. The largest absolute Gasteiger partial charge is 0.455 e. The molecule has 0 spiro atoms. The van der Waals surface area contributed by atoms with Crippen molar-refractivity contribution in [2.24, 2.45) is 21.7 Å². The third-order valence-corrected chi connectivity index (χ3v) is 4.30. The lowest BCUT2D eigenvalue weighted by atomic mass is 9.93. The maximum absolute atomic E-state index is 13.1. The van der Waals surface area contributed by atoms with Gasteiger partial charge in [-0.15, -0.1) is 5.10 Å². The van der Waals surface area contributed by atoms with E-state index in [1.807, 2.05) is 0 Å². The SMILES string of the molecule is Cc1c(C(=O)Nc2ccccc2C(F)(F)F)oc2c1/C(=N/N=C(N)N)CCC2. The number of furan rings is 1. The Morgan fingerprint density at radius 1 is 1.21 bits per heavy atom. The number of nitrogens with two attached hydrogens (primary N) is 2. The monoisotopic (exact) mass is 393 g/mol. The van der Waals surface area contributed by atoms with Crippen LogP contribution in [-0.4, -0.2) is 17.6 Å². The second-order valence-electron chi connectivity index (χ2n) is 6.28. The van der Waals surface area contributed by atoms with Crippen molar-refractivity contribution in [2.45, 2.75) is 32.4 Å². The van der Waals surface area contributed by atoms with E-state index in [9.17, 15) is 18.0 Å². The highest BCUT2D eigenvalue weighted by molar-refractivity contribution is 6.09. The third-order valence-electron chi connectivity index (χ3n) is 4.30. The zero-order valence-electron chi connectivity index (χ0n) is 14.9. The number of alkyl halides is 3. The van der Waals surface area contributed by atoms with Crippen LogP contribution >= 0.6 is 0 Å². The predicted molar refractivity (Wildman–Crippen MR) is 98.1 cm³/mol. The molecule has 5 N–H and O–H groups in total. The molecule has 1 aliphatic rings. The zero-order chi connectivity index (χ0) is 20.5. The fourth-order valence-electron chi connectivity index (χ4n) is 3.12. The van der Waals surface area contributed by atoms with Crippen molar-refractivity contribution >= 4 is 23.3 Å². The Bertz CT molecular complexity index is 972. The molecule has 0 aliphatic heterocycles. The van der Waals surface area contributed by atoms with Gasteiger partial charge in [0.1, 0.15) is 5.76 Å². The normalized spacial score (nSPS) is 15.2. The zero-order valence-corrected chi connectivity index (χ0v) is 14.9. The van der Waals surface area contributed by atoms with Crippen molar-refractivity contribution in [2.75, 3.05) is 5.32 Å². The summed E-state index contributed by atoms with van der Waals surface area (Å²) in [6.07, 6.45) is -2.72. The molecule has 7 nitrogen and oxygen atoms in total. The Morgan fingerprint density at radius 2 is 1.93 bits per heavy atom. The third kappa shape index (κ3) is 3.85. The van der Waals surface area contributed by atoms with Crippen molar-refractivity contribution < 1.29 is 22.4 Å². The molecule has 0 bridgehead atoms. The number of rotatable bonds is 3. The van der Waals surface area contributed by atoms with Crippen molar-refractivity contribution in [1.29, 1.82) is 0 Å². The van der Waals surface area contributed by atoms with Crippen LogP contribution < -0.4 is 16.8 Å². The number of halogens is 3. The summed E-state index contributed by atoms with van der Waals surface area (Å²) in [6, 6.07) is 4.74. The summed E-state index contributed by atoms with van der Waals surface area (Å²) >= 11 is 0. The van der Waals surface area contributed by atoms with Gasteiger partial charge in [0.25, 0.3) is 5.91 Å². The second-order valence-corrected chi connectivity index (χ2v) is 6.28. The standard InChI is InChI=1S/C18H18F3N5O2/c1-9-14-12(25-26-17(22)23)7-4-8-13(14)28-15(9)16(27)24-11-6-3-2-5-10(11)18(19,20)21/h2-3,5-6H,4,7-8H2,1H3,(H,24,27)(H4,22,23,26)/b25-12+. The van der Waals surface area contributed by atoms with Gasteiger partial charge in [-0.1, -0.05) is 12.1 Å². The second kappa shape index (κ2) is 7.37. The van der Waals surface area contributed by atoms with E-state index in [0.717, 1.165) is 12.5 Å². The van der Waals surface area contributed by atoms with E-state index in [4.69, 9.17) is 15.9 Å². The first-order valence-corrected chi connectivity index (χ1v) is 8.44. The molecule has 2 aromatic rings. The van der Waals surface area contributed by atoms with Gasteiger partial charge in [0.15, 0.2) is 5.76 Å². The smallest absolute Gasteiger partial charge is 0.418 e. The number of carbonyl (C=O) groups is 1. The molecule has 10 heteroatoms. The van der Waals surface area contributed by atoms with Crippen LogP contribution in [0.4, 0.5) is 18.9 Å². The van der Waals surface area contributed by atoms with Crippen molar-refractivity contribution in [1.82, 2.24) is 0 Å². The van der Waals surface area contributed by atoms with E-state index in [2.05, 4.69) is 15.5 Å². The Balaban J connectivity index is 1.96. The maximum Gasteiger partial charge on any atom is 0.418 e. The summed E-state index contributed by atoms with van der Waals surface area (Å²) < 4.78 is 45.1. The number of hydrogen-bond acceptors (Lipinski definition) is 4. The van der Waals surface area contributed by atoms with Crippen molar-refractivity contribution in [3.05, 3.63) is 52.5 Å². The van der Waals surface area contributed by atoms with E-state index < -0.39 is 17.6 Å². The van der Waals surface area contributed by atoms with E-state index >= 15 is 0 Å². The minimum absolute atomic E-state index is 0.0683. The van der Waals surface area contributed by atoms with E-state index in [1.54, 1.807) is 6.92 Å². The molecule has 0 saturated heterocycles. The molecule has 28 heavy (non-hydrogen) atoms. The van der Waals surface area contributed by atoms with Gasteiger partial charge in [0, 0.05) is 17.5 Å². The van der Waals surface area contributed by atoms with Crippen LogP contribution in [0.25, 0.3) is 0 Å². The van der Waals surface area contributed by atoms with Crippen LogP contribution in [0.5, 0.6) is 0 Å². The first-order chi connectivity index (χ1) is 13.2. The van der Waals surface area contributed by atoms with Crippen LogP contribution in [-0.2, 0) is 12.6 Å². The van der Waals surface area contributed by atoms with Crippen molar-refractivity contribution in [3.63, 3.8) is 0 Å². The van der Waals surface area contributed by atoms with Crippen LogP contribution in [0.1, 0.15) is 45.8 Å². The van der Waals surface area contributed by atoms with Gasteiger partial charge in [0.05, 0.1) is 17.0 Å². The highest BCUT2D eigenvalue weighted by Gasteiger charge is 2.34. The first kappa shape index (κ1) is 19.5. The number of anilines is 1. The molecule has 0 atom stereocenters. The minimum atomic E-state index is -4.60. The Kier molecular flexibility index (Phi) is 5.12. The van der Waals surface area contributed by atoms with Crippen LogP contribution in [0.2, 0.25) is 0 Å². The Hall–Kier alpha value is -3.30. The fraction of sp³-hybridized carbons (Fsp3) is 0.278. The molecule has 1 aromatic carbocycles. The summed E-state index contributed by atoms with van der Waals surface area (Å²) in [7, 11) is 0. The lowest BCUT2D eigenvalue weighted by Crippen LogP contribution is -2.22. The molecule has 1 aliphatic carbocycles. The molecule has 1 aromatic heterocycles. The lowest BCUT2D eigenvalue weighted by molar-refractivity contribution is -0.136. The summed E-state index contributed by atoms with van der Waals surface area (Å²) in [5.74, 6) is -0.517. The molecule has 0 fully saturated rings. The summed E-state index contributed by atoms with van der Waals surface area (Å²) in [4.78, 5) is 12.6. The topological polar surface area (TPSA) is 119 Å². The van der Waals surface area contributed by atoms with Crippen LogP contribution in [0.3, 0.4) is 0 Å². The molecule has 1 amide bonds. The molecule has 0 saturated carbocycles. The Labute approximate surface area is 158 Å². The average Bonchev–Trinajstić information content (AvgIpc) is 2.97. The maximum atomic E-state index is 13.1. The Morgan fingerprint density at radius 3 is 2.61 bits per heavy atom. The summed E-state index contributed by atoms with van der Waals surface area (Å²) in [6.45, 7) is 1.64. The number of hydrogen-bond donors (Lipinski definition) is 3. The average molecular weight is 393 g/mol. The number of benzene rings is 1. The molecule has 148 valence electrons. The van der Waals surface area contributed by atoms with Gasteiger partial charge in [-0.25, -0.2) is 0 Å². The van der Waals surface area contributed by atoms with Gasteiger partial charge >= 0.3 is 6.18 Å². The highest BCUT2D eigenvalue weighted by atomic mass is 19.4. The number of guanidine groups is 1. The molecular weight excluding hydrogens is 375 g/mol. The van der Waals surface area contributed by atoms with E-state index in [0.29, 0.717) is 35.4 Å². The lowest BCUT2D eigenvalue weighted by Gasteiger charge is -2.13. The number of para-hydroxylation sites is 1. The number of nitrogens with one attached hydrogen (secondary N) is 1. The van der Waals surface area contributed by atoms with Gasteiger partial charge in [0.2, 0.25) is 5.96 Å². The van der Waals surface area contributed by atoms with Crippen LogP contribution in [0, 0.1) is 6.92 Å². The van der Waals surface area contributed by atoms with Gasteiger partial charge < -0.3 is 21.2 Å². The van der Waals surface area contributed by atoms with E-state index in [-0.39, 0.29) is 17.4 Å². The molecular formula is C18H18F3N5O2. The summed E-state index contributed by atoms with van der Waals surface area (Å²) in [5, 5.41) is 9.93. The quantitative estimate of drug-likeness (QED) is 0.421. The summed E-state index contributed by atoms with van der Waals surface area (Å²) in [5.41, 5.74) is 11.0. The number of fused-ring (bicyclic) bond motifs is 1. The van der Waals surface area contributed by atoms with Gasteiger partial charge in [-0.05, 0) is 31.9 Å². The van der Waals surface area contributed by atoms with Crippen molar-refractivity contribution in [3.8, 4) is 0 Å². The number of amides is 1. The molecule has 3 rings (SSSR count). The number of carbonyl (C=O) groups excluding carboxylic acids is 1. The molecule has 0 radical (unpaired) electrons. The van der Waals surface area contributed by atoms with Gasteiger partial charge in [-0.2, -0.15) is 18.3 Å². The number of aryl methyl sites for hydroxylation is 1. The number of nitrogens with zero attached hydrogens (tertiary/aromatic N) is 2. The highest BCUT2D eigenvalue weighted by Crippen LogP contribution is 2.35. The minimum Gasteiger partial charge on any atom is -0.455 e. The molecule has 0 unspecified atom stereocenters. The predicted octanol–water partition coefficient (Wildman–Crippen LogP) is 3.17. The van der Waals surface area contributed by atoms with Crippen LogP contribution in [0.15, 0.2) is 38.9 Å².